The first-order chi connectivity index (χ1) is 16.5. The molecule has 1 saturated heterocycles. The lowest BCUT2D eigenvalue weighted by atomic mass is 10.0. The molecule has 0 unspecified atom stereocenters. The van der Waals surface area contributed by atoms with Crippen molar-refractivity contribution >= 4 is 23.8 Å². The molecule has 0 aromatic heterocycles. The maximum absolute atomic E-state index is 13.2. The van der Waals surface area contributed by atoms with E-state index in [1.165, 1.54) is 4.90 Å². The first-order valence-corrected chi connectivity index (χ1v) is 13.4. The predicted molar refractivity (Wildman–Crippen MR) is 134 cm³/mol. The molecule has 9 nitrogen and oxygen atoms in total. The van der Waals surface area contributed by atoms with Gasteiger partial charge in [0.15, 0.2) is 0 Å². The van der Waals surface area contributed by atoms with Gasteiger partial charge in [0.05, 0.1) is 0 Å². The van der Waals surface area contributed by atoms with E-state index in [2.05, 4.69) is 17.6 Å². The zero-order valence-electron chi connectivity index (χ0n) is 22.1. The van der Waals surface area contributed by atoms with Gasteiger partial charge in [-0.2, -0.15) is 0 Å². The van der Waals surface area contributed by atoms with E-state index in [0.29, 0.717) is 25.3 Å². The molecule has 1 heterocycles. The van der Waals surface area contributed by atoms with Gasteiger partial charge >= 0.3 is 6.09 Å². The number of rotatable bonds is 14. The van der Waals surface area contributed by atoms with Crippen LogP contribution in [0.3, 0.4) is 0 Å². The van der Waals surface area contributed by atoms with E-state index in [0.717, 1.165) is 64.3 Å². The zero-order valence-corrected chi connectivity index (χ0v) is 22.1. The average molecular weight is 495 g/mol. The number of carbonyl (C=O) groups is 4. The molecule has 200 valence electrons. The topological polar surface area (TPSA) is 131 Å². The summed E-state index contributed by atoms with van der Waals surface area (Å²) >= 11 is 0. The average Bonchev–Trinajstić information content (AvgIpc) is 3.37. The second-order valence-electron chi connectivity index (χ2n) is 11.0. The van der Waals surface area contributed by atoms with Gasteiger partial charge in [0.25, 0.3) is 0 Å². The molecule has 0 radical (unpaired) electrons. The van der Waals surface area contributed by atoms with E-state index in [4.69, 9.17) is 10.5 Å². The number of likely N-dealkylation sites (tertiary alicyclic amines) is 1. The molecular weight excluding hydrogens is 448 g/mol. The number of nitrogens with two attached hydrogens (primary N) is 1. The van der Waals surface area contributed by atoms with Crippen LogP contribution in [0.4, 0.5) is 4.79 Å². The number of ether oxygens (including phenoxy) is 1. The molecule has 0 bridgehead atoms. The molecule has 2 fully saturated rings. The summed E-state index contributed by atoms with van der Waals surface area (Å²) in [5, 5.41) is 5.71. The largest absolute Gasteiger partial charge is 0.444 e. The Labute approximate surface area is 210 Å². The summed E-state index contributed by atoms with van der Waals surface area (Å²) in [6.45, 7) is 8.60. The molecule has 35 heavy (non-hydrogen) atoms. The summed E-state index contributed by atoms with van der Waals surface area (Å²) in [6.07, 6.45) is 9.18. The fraction of sp³-hybridized carbons (Fsp3) is 0.846. The third-order valence-electron chi connectivity index (χ3n) is 6.73. The van der Waals surface area contributed by atoms with Crippen LogP contribution in [0, 0.1) is 11.8 Å². The number of hydrogen-bond donors (Lipinski definition) is 3. The molecular formula is C26H46N4O5. The molecule has 2 aliphatic rings. The van der Waals surface area contributed by atoms with Gasteiger partial charge in [-0.05, 0) is 65.2 Å². The Balaban J connectivity index is 1.74. The summed E-state index contributed by atoms with van der Waals surface area (Å²) < 4.78 is 5.35. The van der Waals surface area contributed by atoms with Gasteiger partial charge in [-0.3, -0.25) is 14.4 Å². The van der Waals surface area contributed by atoms with Crippen LogP contribution in [0.2, 0.25) is 0 Å². The van der Waals surface area contributed by atoms with Crippen LogP contribution in [-0.4, -0.2) is 59.5 Å². The van der Waals surface area contributed by atoms with E-state index >= 15 is 0 Å². The number of amides is 4. The quantitative estimate of drug-likeness (QED) is 0.319. The van der Waals surface area contributed by atoms with Crippen molar-refractivity contribution in [2.75, 3.05) is 13.1 Å². The minimum atomic E-state index is -0.737. The third kappa shape index (κ3) is 10.1. The fourth-order valence-electron chi connectivity index (χ4n) is 4.79. The van der Waals surface area contributed by atoms with Crippen LogP contribution in [0.15, 0.2) is 0 Å². The number of nitrogens with one attached hydrogen (secondary N) is 2. The van der Waals surface area contributed by atoms with Gasteiger partial charge in [-0.15, -0.1) is 0 Å². The van der Waals surface area contributed by atoms with Gasteiger partial charge in [0.2, 0.25) is 17.7 Å². The van der Waals surface area contributed by atoms with Gasteiger partial charge in [-0.25, -0.2) is 4.79 Å². The van der Waals surface area contributed by atoms with Crippen molar-refractivity contribution < 1.29 is 23.9 Å². The van der Waals surface area contributed by atoms with Crippen molar-refractivity contribution in [3.63, 3.8) is 0 Å². The molecule has 1 aliphatic heterocycles. The molecule has 4 N–H and O–H groups in total. The number of unbranched alkanes of at least 4 members (excludes halogenated alkanes) is 4. The van der Waals surface area contributed by atoms with E-state index in [1.807, 2.05) is 0 Å². The second kappa shape index (κ2) is 13.7. The van der Waals surface area contributed by atoms with Gasteiger partial charge in [0.1, 0.15) is 17.7 Å². The Morgan fingerprint density at radius 1 is 1.09 bits per heavy atom. The lowest BCUT2D eigenvalue weighted by molar-refractivity contribution is -0.139. The third-order valence-corrected chi connectivity index (χ3v) is 6.73. The molecule has 0 spiro atoms. The van der Waals surface area contributed by atoms with Gasteiger partial charge in [-0.1, -0.05) is 39.0 Å². The number of primary amides is 1. The van der Waals surface area contributed by atoms with Crippen molar-refractivity contribution in [2.24, 2.45) is 17.6 Å². The van der Waals surface area contributed by atoms with Crippen LogP contribution in [-0.2, 0) is 19.1 Å². The SMILES string of the molecule is CCCNC(=O)[C@H]1C[C@H]1CCCCCCC[C@H](NC(=O)OC(C)(C)C)C(=O)N1CCC[C@H]1C(N)=O. The molecule has 4 atom stereocenters. The standard InChI is InChI=1S/C26H46N4O5/c1-5-15-28-23(32)19-17-18(19)12-9-7-6-8-10-13-20(29-25(34)35-26(2,3)4)24(33)30-16-11-14-21(30)22(27)31/h18-21H,5-17H2,1-4H3,(H2,27,31)(H,28,32)(H,29,34)/t18-,19+,20+,21+/m1/s1. The van der Waals surface area contributed by atoms with Crippen LogP contribution in [0.5, 0.6) is 0 Å². The van der Waals surface area contributed by atoms with Gasteiger partial charge in [0, 0.05) is 19.0 Å². The van der Waals surface area contributed by atoms with Crippen molar-refractivity contribution in [1.29, 1.82) is 0 Å². The second-order valence-corrected chi connectivity index (χ2v) is 11.0. The Bertz CT molecular complexity index is 736. The summed E-state index contributed by atoms with van der Waals surface area (Å²) in [5.41, 5.74) is 4.82. The number of nitrogens with zero attached hydrogens (tertiary/aromatic N) is 1. The Hall–Kier alpha value is -2.32. The molecule has 9 heteroatoms. The molecule has 0 aromatic rings. The Kier molecular flexibility index (Phi) is 11.3. The molecule has 2 rings (SSSR count). The Morgan fingerprint density at radius 3 is 2.43 bits per heavy atom. The molecule has 0 aromatic carbocycles. The van der Waals surface area contributed by atoms with Crippen LogP contribution < -0.4 is 16.4 Å². The highest BCUT2D eigenvalue weighted by Gasteiger charge is 2.41. The summed E-state index contributed by atoms with van der Waals surface area (Å²) in [6, 6.07) is -1.35. The minimum absolute atomic E-state index is 0.210. The van der Waals surface area contributed by atoms with Crippen LogP contribution in [0.25, 0.3) is 0 Å². The summed E-state index contributed by atoms with van der Waals surface area (Å²) in [4.78, 5) is 50.8. The number of alkyl carbamates (subject to hydrolysis) is 1. The van der Waals surface area contributed by atoms with E-state index < -0.39 is 29.7 Å². The van der Waals surface area contributed by atoms with E-state index in [9.17, 15) is 19.2 Å². The maximum atomic E-state index is 13.2. The highest BCUT2D eigenvalue weighted by molar-refractivity contribution is 5.91. The van der Waals surface area contributed by atoms with Crippen molar-refractivity contribution in [2.45, 2.75) is 116 Å². The monoisotopic (exact) mass is 494 g/mol. The number of carbonyl (C=O) groups excluding carboxylic acids is 4. The lowest BCUT2D eigenvalue weighted by Crippen LogP contribution is -2.53. The summed E-state index contributed by atoms with van der Waals surface area (Å²) in [5.74, 6) is 0.181. The van der Waals surface area contributed by atoms with E-state index in [-0.39, 0.29) is 17.7 Å². The number of hydrogen-bond acceptors (Lipinski definition) is 5. The van der Waals surface area contributed by atoms with Gasteiger partial charge < -0.3 is 26.0 Å². The van der Waals surface area contributed by atoms with Crippen molar-refractivity contribution in [3.8, 4) is 0 Å². The van der Waals surface area contributed by atoms with E-state index in [1.54, 1.807) is 20.8 Å². The highest BCUT2D eigenvalue weighted by Crippen LogP contribution is 2.42. The molecule has 1 aliphatic carbocycles. The predicted octanol–water partition coefficient (Wildman–Crippen LogP) is 3.25. The fourth-order valence-corrected chi connectivity index (χ4v) is 4.79. The minimum Gasteiger partial charge on any atom is -0.444 e. The first kappa shape index (κ1) is 28.9. The van der Waals surface area contributed by atoms with Crippen molar-refractivity contribution in [3.05, 3.63) is 0 Å². The molecule has 4 amide bonds. The van der Waals surface area contributed by atoms with Crippen molar-refractivity contribution in [1.82, 2.24) is 15.5 Å². The van der Waals surface area contributed by atoms with Crippen LogP contribution >= 0.6 is 0 Å². The first-order valence-electron chi connectivity index (χ1n) is 13.4. The Morgan fingerprint density at radius 2 is 1.77 bits per heavy atom. The zero-order chi connectivity index (χ0) is 26.0. The molecule has 1 saturated carbocycles. The maximum Gasteiger partial charge on any atom is 0.408 e. The highest BCUT2D eigenvalue weighted by atomic mass is 16.6. The summed E-state index contributed by atoms with van der Waals surface area (Å²) in [7, 11) is 0. The van der Waals surface area contributed by atoms with Crippen LogP contribution in [0.1, 0.15) is 98.3 Å². The smallest absolute Gasteiger partial charge is 0.408 e. The lowest BCUT2D eigenvalue weighted by Gasteiger charge is -2.29. The normalized spacial score (nSPS) is 22.4.